The lowest BCUT2D eigenvalue weighted by Crippen LogP contribution is -2.23. The maximum Gasteiger partial charge on any atom is 0.257 e. The van der Waals surface area contributed by atoms with Crippen molar-refractivity contribution >= 4 is 38.4 Å². The van der Waals surface area contributed by atoms with E-state index in [1.54, 1.807) is 18.5 Å². The summed E-state index contributed by atoms with van der Waals surface area (Å²) >= 11 is 0. The number of fused-ring (bicyclic) bond motifs is 3. The molecule has 5 aromatic rings. The van der Waals surface area contributed by atoms with Crippen molar-refractivity contribution in [3.63, 3.8) is 0 Å². The molecule has 0 saturated heterocycles. The second-order valence-corrected chi connectivity index (χ2v) is 10.6. The number of sulfone groups is 1. The third-order valence-corrected chi connectivity index (χ3v) is 8.23. The molecule has 182 valence electrons. The van der Waals surface area contributed by atoms with E-state index in [1.165, 1.54) is 30.3 Å². The van der Waals surface area contributed by atoms with Gasteiger partial charge in [0.2, 0.25) is 9.84 Å². The highest BCUT2D eigenvalue weighted by molar-refractivity contribution is 7.91. The zero-order valence-electron chi connectivity index (χ0n) is 19.4. The van der Waals surface area contributed by atoms with Gasteiger partial charge in [-0.05, 0) is 59.2 Å². The summed E-state index contributed by atoms with van der Waals surface area (Å²) in [6.45, 7) is 0.284. The summed E-state index contributed by atoms with van der Waals surface area (Å²) < 4.78 is 26.3. The van der Waals surface area contributed by atoms with E-state index < -0.39 is 15.7 Å². The number of nitrogens with zero attached hydrogens (tertiary/aromatic N) is 1. The van der Waals surface area contributed by atoms with Gasteiger partial charge in [0.25, 0.3) is 11.8 Å². The normalized spacial score (nSPS) is 13.8. The number of rotatable bonds is 4. The highest BCUT2D eigenvalue weighted by Crippen LogP contribution is 2.34. The fourth-order valence-corrected chi connectivity index (χ4v) is 6.01. The molecular formula is C28H20N4O4S. The Morgan fingerprint density at radius 3 is 2.49 bits per heavy atom. The standard InChI is InChI=1S/C28H20N4O4S/c33-27(29-15-17-5-7-18(8-6-17)19-9-11-22-23(13-19)31-16-30-22)20-10-12-26-24(14-20)32-28(34)21-3-1-2-4-25(21)37(26,35)36/h1-14,16H,15H2,(H,29,33)(H,30,31)(H,32,34). The van der Waals surface area contributed by atoms with Crippen molar-refractivity contribution in [2.45, 2.75) is 16.3 Å². The number of carbonyl (C=O) groups is 2. The second kappa shape index (κ2) is 8.72. The van der Waals surface area contributed by atoms with Gasteiger partial charge in [-0.1, -0.05) is 42.5 Å². The maximum atomic E-state index is 13.1. The van der Waals surface area contributed by atoms with Gasteiger partial charge in [-0.25, -0.2) is 13.4 Å². The molecule has 1 aromatic heterocycles. The van der Waals surface area contributed by atoms with Gasteiger partial charge >= 0.3 is 0 Å². The first-order valence-electron chi connectivity index (χ1n) is 11.5. The Balaban J connectivity index is 1.19. The SMILES string of the molecule is O=C(NCc1ccc(-c2ccc3nc[nH]c3c2)cc1)c1ccc2c(c1)NC(=O)c1ccccc1S2(=O)=O. The fraction of sp³-hybridized carbons (Fsp3) is 0.0357. The van der Waals surface area contributed by atoms with Crippen LogP contribution in [0.15, 0.2) is 101 Å². The molecule has 2 heterocycles. The highest BCUT2D eigenvalue weighted by atomic mass is 32.2. The maximum absolute atomic E-state index is 13.1. The molecule has 0 bridgehead atoms. The zero-order valence-corrected chi connectivity index (χ0v) is 20.2. The van der Waals surface area contributed by atoms with Crippen molar-refractivity contribution in [2.24, 2.45) is 0 Å². The topological polar surface area (TPSA) is 121 Å². The number of nitrogens with one attached hydrogen (secondary N) is 3. The number of aromatic amines is 1. The van der Waals surface area contributed by atoms with E-state index in [0.29, 0.717) is 0 Å². The van der Waals surface area contributed by atoms with Gasteiger partial charge in [0.05, 0.1) is 38.4 Å². The van der Waals surface area contributed by atoms with Gasteiger partial charge in [0.15, 0.2) is 0 Å². The van der Waals surface area contributed by atoms with Crippen LogP contribution >= 0.6 is 0 Å². The van der Waals surface area contributed by atoms with Gasteiger partial charge in [-0.15, -0.1) is 0 Å². The lowest BCUT2D eigenvalue weighted by atomic mass is 10.0. The molecule has 0 radical (unpaired) electrons. The van der Waals surface area contributed by atoms with Crippen molar-refractivity contribution in [2.75, 3.05) is 5.32 Å². The number of aromatic nitrogens is 2. The molecule has 8 nitrogen and oxygen atoms in total. The number of anilines is 1. The Labute approximate surface area is 212 Å². The molecule has 0 spiro atoms. The fourth-order valence-electron chi connectivity index (χ4n) is 4.41. The van der Waals surface area contributed by atoms with Gasteiger partial charge in [-0.2, -0.15) is 0 Å². The summed E-state index contributed by atoms with van der Waals surface area (Å²) in [5.74, 6) is -0.924. The van der Waals surface area contributed by atoms with Crippen molar-refractivity contribution < 1.29 is 18.0 Å². The second-order valence-electron chi connectivity index (χ2n) is 8.68. The number of amides is 2. The number of H-pyrrole nitrogens is 1. The van der Waals surface area contributed by atoms with Crippen LogP contribution in [-0.4, -0.2) is 30.2 Å². The van der Waals surface area contributed by atoms with E-state index in [0.717, 1.165) is 27.7 Å². The van der Waals surface area contributed by atoms with Crippen LogP contribution in [0.25, 0.3) is 22.2 Å². The van der Waals surface area contributed by atoms with Crippen LogP contribution in [-0.2, 0) is 16.4 Å². The number of benzene rings is 4. The first-order valence-corrected chi connectivity index (χ1v) is 13.0. The van der Waals surface area contributed by atoms with E-state index in [4.69, 9.17) is 0 Å². The number of imidazole rings is 1. The Bertz CT molecular complexity index is 1810. The smallest absolute Gasteiger partial charge is 0.257 e. The molecule has 1 aliphatic rings. The van der Waals surface area contributed by atoms with Gasteiger partial charge in [0.1, 0.15) is 0 Å². The van der Waals surface area contributed by atoms with E-state index in [9.17, 15) is 18.0 Å². The van der Waals surface area contributed by atoms with E-state index in [-0.39, 0.29) is 39.1 Å². The lowest BCUT2D eigenvalue weighted by molar-refractivity contribution is 0.0949. The van der Waals surface area contributed by atoms with Crippen LogP contribution in [0, 0.1) is 0 Å². The Kier molecular flexibility index (Phi) is 5.35. The van der Waals surface area contributed by atoms with Crippen molar-refractivity contribution in [3.8, 4) is 11.1 Å². The number of hydrogen-bond acceptors (Lipinski definition) is 5. The molecule has 0 atom stereocenters. The van der Waals surface area contributed by atoms with Crippen LogP contribution in [0.2, 0.25) is 0 Å². The Morgan fingerprint density at radius 1 is 0.865 bits per heavy atom. The van der Waals surface area contributed by atoms with Crippen molar-refractivity contribution in [1.82, 2.24) is 15.3 Å². The van der Waals surface area contributed by atoms with Crippen molar-refractivity contribution in [3.05, 3.63) is 108 Å². The average Bonchev–Trinajstić information content (AvgIpc) is 3.37. The molecule has 9 heteroatoms. The largest absolute Gasteiger partial charge is 0.348 e. The van der Waals surface area contributed by atoms with Crippen LogP contribution < -0.4 is 10.6 Å². The highest BCUT2D eigenvalue weighted by Gasteiger charge is 2.31. The van der Waals surface area contributed by atoms with Gasteiger partial charge in [0, 0.05) is 12.1 Å². The third-order valence-electron chi connectivity index (χ3n) is 6.36. The quantitative estimate of drug-likeness (QED) is 0.329. The molecule has 4 aromatic carbocycles. The number of hydrogen-bond donors (Lipinski definition) is 3. The summed E-state index contributed by atoms with van der Waals surface area (Å²) in [5, 5.41) is 5.48. The van der Waals surface area contributed by atoms with Gasteiger partial charge < -0.3 is 15.6 Å². The van der Waals surface area contributed by atoms with E-state index in [1.807, 2.05) is 42.5 Å². The molecular weight excluding hydrogens is 488 g/mol. The molecule has 6 rings (SSSR count). The molecule has 0 aliphatic carbocycles. The van der Waals surface area contributed by atoms with Crippen LogP contribution in [0.5, 0.6) is 0 Å². The van der Waals surface area contributed by atoms with Crippen LogP contribution in [0.4, 0.5) is 5.69 Å². The zero-order chi connectivity index (χ0) is 25.6. The predicted octanol–water partition coefficient (Wildman–Crippen LogP) is 4.56. The summed E-state index contributed by atoms with van der Waals surface area (Å²) in [6, 6.07) is 24.1. The molecule has 0 fully saturated rings. The van der Waals surface area contributed by atoms with E-state index in [2.05, 4.69) is 20.6 Å². The predicted molar refractivity (Wildman–Crippen MR) is 139 cm³/mol. The Morgan fingerprint density at radius 2 is 1.65 bits per heavy atom. The molecule has 0 unspecified atom stereocenters. The molecule has 37 heavy (non-hydrogen) atoms. The minimum absolute atomic E-state index is 0.0498. The van der Waals surface area contributed by atoms with Crippen LogP contribution in [0.1, 0.15) is 26.3 Å². The summed E-state index contributed by atoms with van der Waals surface area (Å²) in [4.78, 5) is 32.7. The summed E-state index contributed by atoms with van der Waals surface area (Å²) in [6.07, 6.45) is 1.66. The minimum Gasteiger partial charge on any atom is -0.348 e. The molecule has 3 N–H and O–H groups in total. The van der Waals surface area contributed by atoms with Gasteiger partial charge in [-0.3, -0.25) is 9.59 Å². The summed E-state index contributed by atoms with van der Waals surface area (Å²) in [5.41, 5.74) is 5.24. The van der Waals surface area contributed by atoms with E-state index >= 15 is 0 Å². The molecule has 2 amide bonds. The van der Waals surface area contributed by atoms with Crippen LogP contribution in [0.3, 0.4) is 0 Å². The average molecular weight is 509 g/mol. The molecule has 1 aliphatic heterocycles. The first-order chi connectivity index (χ1) is 17.9. The monoisotopic (exact) mass is 508 g/mol. The first kappa shape index (κ1) is 22.7. The number of carbonyl (C=O) groups excluding carboxylic acids is 2. The third kappa shape index (κ3) is 4.05. The lowest BCUT2D eigenvalue weighted by Gasteiger charge is -2.11. The summed E-state index contributed by atoms with van der Waals surface area (Å²) in [7, 11) is -3.92. The Hall–Kier alpha value is -4.76. The van der Waals surface area contributed by atoms with Crippen molar-refractivity contribution in [1.29, 1.82) is 0 Å². The molecule has 0 saturated carbocycles. The minimum atomic E-state index is -3.92.